The second-order valence-corrected chi connectivity index (χ2v) is 4.66. The minimum absolute atomic E-state index is 0.0454. The lowest BCUT2D eigenvalue weighted by Crippen LogP contribution is -2.27. The van der Waals surface area contributed by atoms with Gasteiger partial charge in [0.05, 0.1) is 11.0 Å². The molecule has 5 nitrogen and oxygen atoms in total. The molecule has 0 aliphatic rings. The van der Waals surface area contributed by atoms with Crippen LogP contribution in [0.15, 0.2) is 12.1 Å². The van der Waals surface area contributed by atoms with Gasteiger partial charge < -0.3 is 11.1 Å². The van der Waals surface area contributed by atoms with Gasteiger partial charge in [-0.15, -0.1) is 0 Å². The van der Waals surface area contributed by atoms with Crippen molar-refractivity contribution in [2.75, 3.05) is 18.4 Å². The van der Waals surface area contributed by atoms with E-state index in [1.54, 1.807) is 0 Å². The first-order valence-electron chi connectivity index (χ1n) is 5.94. The summed E-state index contributed by atoms with van der Waals surface area (Å²) in [6.07, 6.45) is 0. The van der Waals surface area contributed by atoms with E-state index in [-0.39, 0.29) is 24.1 Å². The van der Waals surface area contributed by atoms with Crippen LogP contribution in [-0.4, -0.2) is 18.0 Å². The van der Waals surface area contributed by atoms with Crippen molar-refractivity contribution in [1.82, 2.24) is 0 Å². The SMILES string of the molecule is CC(C)C(CN)CNc1c(F)cc(F)cc1[N+](=O)[O-]. The Hall–Kier alpha value is -1.76. The van der Waals surface area contributed by atoms with Crippen LogP contribution in [0.3, 0.4) is 0 Å². The quantitative estimate of drug-likeness (QED) is 0.616. The Morgan fingerprint density at radius 1 is 1.42 bits per heavy atom. The maximum absolute atomic E-state index is 13.6. The van der Waals surface area contributed by atoms with Gasteiger partial charge >= 0.3 is 0 Å². The zero-order chi connectivity index (χ0) is 14.6. The highest BCUT2D eigenvalue weighted by molar-refractivity contribution is 5.62. The number of hydrogen-bond donors (Lipinski definition) is 2. The number of benzene rings is 1. The molecule has 19 heavy (non-hydrogen) atoms. The van der Waals surface area contributed by atoms with Crippen LogP contribution in [-0.2, 0) is 0 Å². The number of hydrogen-bond acceptors (Lipinski definition) is 4. The molecule has 7 heteroatoms. The van der Waals surface area contributed by atoms with Crippen LogP contribution in [0, 0.1) is 33.6 Å². The maximum Gasteiger partial charge on any atom is 0.298 e. The number of anilines is 1. The van der Waals surface area contributed by atoms with Gasteiger partial charge in [-0.1, -0.05) is 13.8 Å². The summed E-state index contributed by atoms with van der Waals surface area (Å²) in [6, 6.07) is 1.31. The molecule has 0 saturated heterocycles. The summed E-state index contributed by atoms with van der Waals surface area (Å²) < 4.78 is 26.6. The highest BCUT2D eigenvalue weighted by Gasteiger charge is 2.21. The monoisotopic (exact) mass is 273 g/mol. The molecule has 1 rings (SSSR count). The molecule has 1 aromatic rings. The Morgan fingerprint density at radius 3 is 2.53 bits per heavy atom. The van der Waals surface area contributed by atoms with E-state index >= 15 is 0 Å². The number of nitro groups is 1. The van der Waals surface area contributed by atoms with Crippen molar-refractivity contribution >= 4 is 11.4 Å². The van der Waals surface area contributed by atoms with E-state index in [4.69, 9.17) is 5.73 Å². The van der Waals surface area contributed by atoms with Gasteiger partial charge in [-0.25, -0.2) is 8.78 Å². The molecule has 0 aliphatic carbocycles. The van der Waals surface area contributed by atoms with Crippen LogP contribution >= 0.6 is 0 Å². The number of halogens is 2. The van der Waals surface area contributed by atoms with Crippen molar-refractivity contribution in [3.8, 4) is 0 Å². The summed E-state index contributed by atoms with van der Waals surface area (Å²) in [7, 11) is 0. The molecule has 0 aliphatic heterocycles. The van der Waals surface area contributed by atoms with Crippen LogP contribution in [0.1, 0.15) is 13.8 Å². The third-order valence-corrected chi connectivity index (χ3v) is 3.02. The van der Waals surface area contributed by atoms with Gasteiger partial charge in [0.25, 0.3) is 5.69 Å². The lowest BCUT2D eigenvalue weighted by Gasteiger charge is -2.20. The average molecular weight is 273 g/mol. The summed E-state index contributed by atoms with van der Waals surface area (Å²) in [5, 5.41) is 13.4. The number of nitrogens with one attached hydrogen (secondary N) is 1. The predicted octanol–water partition coefficient (Wildman–Crippen LogP) is 2.52. The van der Waals surface area contributed by atoms with Crippen LogP contribution in [0.25, 0.3) is 0 Å². The molecule has 0 bridgehead atoms. The summed E-state index contributed by atoms with van der Waals surface area (Å²) in [6.45, 7) is 4.57. The minimum Gasteiger partial charge on any atom is -0.377 e. The lowest BCUT2D eigenvalue weighted by atomic mass is 9.96. The van der Waals surface area contributed by atoms with E-state index in [9.17, 15) is 18.9 Å². The van der Waals surface area contributed by atoms with Crippen molar-refractivity contribution < 1.29 is 13.7 Å². The van der Waals surface area contributed by atoms with Crippen molar-refractivity contribution in [3.63, 3.8) is 0 Å². The molecule has 106 valence electrons. The molecule has 0 amide bonds. The minimum atomic E-state index is -0.980. The first-order chi connectivity index (χ1) is 8.86. The summed E-state index contributed by atoms with van der Waals surface area (Å²) in [4.78, 5) is 9.96. The fourth-order valence-electron chi connectivity index (χ4n) is 1.70. The highest BCUT2D eigenvalue weighted by Crippen LogP contribution is 2.29. The third kappa shape index (κ3) is 3.85. The van der Waals surface area contributed by atoms with Crippen LogP contribution < -0.4 is 11.1 Å². The molecule has 0 saturated carbocycles. The zero-order valence-corrected chi connectivity index (χ0v) is 10.8. The number of nitrogens with two attached hydrogens (primary N) is 1. The standard InChI is InChI=1S/C12H17F2N3O2/c1-7(2)8(5-15)6-16-12-10(14)3-9(13)4-11(12)17(18)19/h3-4,7-8,16H,5-6,15H2,1-2H3. The van der Waals surface area contributed by atoms with Gasteiger partial charge in [0.15, 0.2) is 5.82 Å². The van der Waals surface area contributed by atoms with Crippen LogP contribution in [0.2, 0.25) is 0 Å². The molecular formula is C12H17F2N3O2. The van der Waals surface area contributed by atoms with E-state index in [1.807, 2.05) is 13.8 Å². The van der Waals surface area contributed by atoms with E-state index in [0.29, 0.717) is 18.7 Å². The van der Waals surface area contributed by atoms with Crippen LogP contribution in [0.4, 0.5) is 20.2 Å². The topological polar surface area (TPSA) is 81.2 Å². The van der Waals surface area contributed by atoms with Crippen LogP contribution in [0.5, 0.6) is 0 Å². The summed E-state index contributed by atoms with van der Waals surface area (Å²) in [5.74, 6) is -1.66. The Balaban J connectivity index is 2.97. The summed E-state index contributed by atoms with van der Waals surface area (Å²) in [5.41, 5.74) is 4.66. The van der Waals surface area contributed by atoms with E-state index in [1.165, 1.54) is 0 Å². The Labute approximate surface area is 109 Å². The van der Waals surface area contributed by atoms with E-state index in [2.05, 4.69) is 5.32 Å². The molecule has 3 N–H and O–H groups in total. The first-order valence-corrected chi connectivity index (χ1v) is 5.94. The van der Waals surface area contributed by atoms with Crippen molar-refractivity contribution in [1.29, 1.82) is 0 Å². The number of nitrogens with zero attached hydrogens (tertiary/aromatic N) is 1. The van der Waals surface area contributed by atoms with Gasteiger partial charge in [-0.2, -0.15) is 0 Å². The smallest absolute Gasteiger partial charge is 0.298 e. The molecule has 0 aromatic heterocycles. The molecule has 1 atom stereocenters. The highest BCUT2D eigenvalue weighted by atomic mass is 19.1. The van der Waals surface area contributed by atoms with Crippen molar-refractivity contribution in [3.05, 3.63) is 33.9 Å². The lowest BCUT2D eigenvalue weighted by molar-refractivity contribution is -0.384. The van der Waals surface area contributed by atoms with Crippen molar-refractivity contribution in [2.24, 2.45) is 17.6 Å². The predicted molar refractivity (Wildman–Crippen MR) is 68.9 cm³/mol. The Kier molecular flexibility index (Phi) is 5.17. The van der Waals surface area contributed by atoms with Gasteiger partial charge in [0, 0.05) is 12.6 Å². The second kappa shape index (κ2) is 6.42. The Morgan fingerprint density at radius 2 is 2.05 bits per heavy atom. The average Bonchev–Trinajstić information content (AvgIpc) is 2.30. The second-order valence-electron chi connectivity index (χ2n) is 4.66. The molecule has 0 heterocycles. The van der Waals surface area contributed by atoms with Gasteiger partial charge in [0.2, 0.25) is 0 Å². The van der Waals surface area contributed by atoms with E-state index in [0.717, 1.165) is 0 Å². The maximum atomic E-state index is 13.6. The first kappa shape index (κ1) is 15.3. The normalized spacial score (nSPS) is 12.5. The molecule has 0 radical (unpaired) electrons. The fourth-order valence-corrected chi connectivity index (χ4v) is 1.70. The Bertz CT molecular complexity index is 467. The molecule has 1 unspecified atom stereocenters. The fraction of sp³-hybridized carbons (Fsp3) is 0.500. The molecule has 1 aromatic carbocycles. The molecule has 0 fully saturated rings. The summed E-state index contributed by atoms with van der Waals surface area (Å²) >= 11 is 0. The van der Waals surface area contributed by atoms with Gasteiger partial charge in [-0.05, 0) is 18.4 Å². The number of rotatable bonds is 6. The largest absolute Gasteiger partial charge is 0.377 e. The molecular weight excluding hydrogens is 256 g/mol. The van der Waals surface area contributed by atoms with E-state index < -0.39 is 22.2 Å². The van der Waals surface area contributed by atoms with Crippen molar-refractivity contribution in [2.45, 2.75) is 13.8 Å². The van der Waals surface area contributed by atoms with Gasteiger partial charge in [0.1, 0.15) is 11.5 Å². The number of nitro benzene ring substituents is 1. The molecule has 0 spiro atoms. The van der Waals surface area contributed by atoms with Gasteiger partial charge in [-0.3, -0.25) is 10.1 Å². The third-order valence-electron chi connectivity index (χ3n) is 3.02. The zero-order valence-electron chi connectivity index (χ0n) is 10.8.